The molecule has 0 fully saturated rings. The number of hydrogen-bond donors (Lipinski definition) is 0. The van der Waals surface area contributed by atoms with Crippen molar-refractivity contribution in [2.45, 2.75) is 200 Å². The summed E-state index contributed by atoms with van der Waals surface area (Å²) in [6.45, 7) is 4.16. The molecule has 0 aliphatic heterocycles. The first kappa shape index (κ1) is 56.0. The van der Waals surface area contributed by atoms with Gasteiger partial charge in [-0.3, -0.25) is 14.2 Å². The summed E-state index contributed by atoms with van der Waals surface area (Å²) >= 11 is 0. The van der Waals surface area contributed by atoms with Gasteiger partial charge in [-0.05, 0) is 77.0 Å². The number of ether oxygens (including phenoxy) is 2. The van der Waals surface area contributed by atoms with Gasteiger partial charge in [0.05, 0.1) is 27.7 Å². The van der Waals surface area contributed by atoms with E-state index in [-0.39, 0.29) is 26.1 Å². The molecule has 0 aromatic heterocycles. The Balaban J connectivity index is 4.34. The van der Waals surface area contributed by atoms with Crippen LogP contribution < -0.4 is 4.89 Å². The fraction of sp³-hybridized carbons (Fsp3) is 0.792. The van der Waals surface area contributed by atoms with Crippen molar-refractivity contribution in [2.75, 3.05) is 47.5 Å². The summed E-state index contributed by atoms with van der Waals surface area (Å²) in [6.07, 6.45) is 47.0. The summed E-state index contributed by atoms with van der Waals surface area (Å²) in [7, 11) is 1.15. The van der Waals surface area contributed by atoms with Crippen LogP contribution in [-0.2, 0) is 32.7 Å². The SMILES string of the molecule is CCCCC/C=C\C/C=C\CCCCCCCCCCCC(=O)OC(COC(=O)CCCCCCC/C=C\C/C=C\CCCCC)COP(=O)([O-])OCC[N+](C)(C)C. The lowest BCUT2D eigenvalue weighted by molar-refractivity contribution is -0.870. The van der Waals surface area contributed by atoms with E-state index in [0.29, 0.717) is 23.9 Å². The molecule has 0 heterocycles. The summed E-state index contributed by atoms with van der Waals surface area (Å²) in [5.41, 5.74) is 0. The van der Waals surface area contributed by atoms with Crippen molar-refractivity contribution in [3.8, 4) is 0 Å². The smallest absolute Gasteiger partial charge is 0.306 e. The third-order valence-electron chi connectivity index (χ3n) is 9.82. The van der Waals surface area contributed by atoms with Crippen LogP contribution in [0.15, 0.2) is 48.6 Å². The van der Waals surface area contributed by atoms with Crippen molar-refractivity contribution in [3.63, 3.8) is 0 Å². The van der Waals surface area contributed by atoms with Gasteiger partial charge in [-0.25, -0.2) is 0 Å². The highest BCUT2D eigenvalue weighted by atomic mass is 31.2. The quantitative estimate of drug-likeness (QED) is 0.0196. The van der Waals surface area contributed by atoms with Crippen molar-refractivity contribution in [3.05, 3.63) is 48.6 Å². The number of nitrogens with zero attached hydrogens (tertiary/aromatic N) is 1. The van der Waals surface area contributed by atoms with E-state index in [1.807, 2.05) is 21.1 Å². The number of quaternary nitrogens is 1. The van der Waals surface area contributed by atoms with Gasteiger partial charge in [0.15, 0.2) is 6.10 Å². The Bertz CT molecular complexity index is 1130. The number of likely N-dealkylation sites (N-methyl/N-ethyl adjacent to an activating group) is 1. The first-order valence-corrected chi connectivity index (χ1v) is 24.8. The maximum Gasteiger partial charge on any atom is 0.306 e. The lowest BCUT2D eigenvalue weighted by Gasteiger charge is -2.28. The average Bonchev–Trinajstić information content (AvgIpc) is 3.17. The standard InChI is InChI=1S/C48H88NO8P/c1-6-8-10-12-14-16-18-20-22-23-24-25-27-29-31-33-35-37-39-41-48(51)57-46(45-56-58(52,53)55-43-42-49(3,4)5)44-54-47(50)40-38-36-34-32-30-28-26-21-19-17-15-13-11-9-7-2/h14-17,20-22,26,46H,6-13,18-19,23-25,27-45H2,1-5H3/b16-14-,17-15-,22-20-,26-21-. The van der Waals surface area contributed by atoms with Crippen molar-refractivity contribution in [1.82, 2.24) is 0 Å². The molecular formula is C48H88NO8P. The second-order valence-electron chi connectivity index (χ2n) is 16.8. The van der Waals surface area contributed by atoms with E-state index in [0.717, 1.165) is 70.6 Å². The number of phosphoric ester groups is 1. The molecule has 0 spiro atoms. The first-order chi connectivity index (χ1) is 28.0. The Morgan fingerprint density at radius 2 is 0.931 bits per heavy atom. The zero-order chi connectivity index (χ0) is 42.8. The minimum absolute atomic E-state index is 0.0353. The van der Waals surface area contributed by atoms with Gasteiger partial charge >= 0.3 is 11.9 Å². The molecule has 0 aliphatic rings. The van der Waals surface area contributed by atoms with E-state index in [1.165, 1.54) is 83.5 Å². The normalized spacial score (nSPS) is 14.0. The van der Waals surface area contributed by atoms with Gasteiger partial charge in [-0.2, -0.15) is 0 Å². The van der Waals surface area contributed by atoms with Crippen molar-refractivity contribution in [1.29, 1.82) is 0 Å². The molecule has 338 valence electrons. The van der Waals surface area contributed by atoms with Crippen LogP contribution in [0.4, 0.5) is 0 Å². The van der Waals surface area contributed by atoms with Gasteiger partial charge in [0.1, 0.15) is 19.8 Å². The van der Waals surface area contributed by atoms with Crippen molar-refractivity contribution >= 4 is 19.8 Å². The molecule has 0 amide bonds. The summed E-state index contributed by atoms with van der Waals surface area (Å²) in [5.74, 6) is -0.855. The number of allylic oxidation sites excluding steroid dienone is 8. The van der Waals surface area contributed by atoms with Crippen molar-refractivity contribution < 1.29 is 42.1 Å². The van der Waals surface area contributed by atoms with Gasteiger partial charge in [0, 0.05) is 12.8 Å². The number of carbonyl (C=O) groups excluding carboxylic acids is 2. The lowest BCUT2D eigenvalue weighted by atomic mass is 10.1. The molecule has 0 aromatic rings. The molecule has 0 saturated carbocycles. The fourth-order valence-electron chi connectivity index (χ4n) is 6.13. The number of hydrogen-bond acceptors (Lipinski definition) is 8. The monoisotopic (exact) mass is 838 g/mol. The van der Waals surface area contributed by atoms with Gasteiger partial charge in [-0.1, -0.05) is 152 Å². The van der Waals surface area contributed by atoms with Crippen LogP contribution in [0.5, 0.6) is 0 Å². The van der Waals surface area contributed by atoms with Crippen LogP contribution in [0.25, 0.3) is 0 Å². The Labute approximate surface area is 356 Å². The number of phosphoric acid groups is 1. The highest BCUT2D eigenvalue weighted by molar-refractivity contribution is 7.45. The summed E-state index contributed by atoms with van der Waals surface area (Å²) in [4.78, 5) is 37.6. The second-order valence-corrected chi connectivity index (χ2v) is 18.2. The van der Waals surface area contributed by atoms with E-state index >= 15 is 0 Å². The van der Waals surface area contributed by atoms with Gasteiger partial charge in [0.2, 0.25) is 0 Å². The molecular weight excluding hydrogens is 750 g/mol. The van der Waals surface area contributed by atoms with Gasteiger partial charge in [-0.15, -0.1) is 0 Å². The topological polar surface area (TPSA) is 111 Å². The minimum Gasteiger partial charge on any atom is -0.756 e. The third-order valence-corrected chi connectivity index (χ3v) is 10.8. The number of esters is 2. The molecule has 0 aliphatic carbocycles. The molecule has 0 aromatic carbocycles. The maximum atomic E-state index is 12.7. The van der Waals surface area contributed by atoms with E-state index < -0.39 is 32.5 Å². The molecule has 2 unspecified atom stereocenters. The summed E-state index contributed by atoms with van der Waals surface area (Å²) < 4.78 is 33.9. The van der Waals surface area contributed by atoms with E-state index in [4.69, 9.17) is 18.5 Å². The van der Waals surface area contributed by atoms with Crippen LogP contribution in [0.2, 0.25) is 0 Å². The van der Waals surface area contributed by atoms with Crippen LogP contribution in [-0.4, -0.2) is 70.0 Å². The first-order valence-electron chi connectivity index (χ1n) is 23.3. The molecule has 0 rings (SSSR count). The molecule has 9 nitrogen and oxygen atoms in total. The van der Waals surface area contributed by atoms with E-state index in [9.17, 15) is 19.0 Å². The van der Waals surface area contributed by atoms with Crippen LogP contribution >= 0.6 is 7.82 Å². The predicted molar refractivity (Wildman–Crippen MR) is 240 cm³/mol. The zero-order valence-electron chi connectivity index (χ0n) is 38.0. The number of unbranched alkanes of at least 4 members (excludes halogenated alkanes) is 20. The molecule has 10 heteroatoms. The second kappa shape index (κ2) is 40.4. The number of carbonyl (C=O) groups is 2. The molecule has 58 heavy (non-hydrogen) atoms. The molecule has 0 saturated heterocycles. The molecule has 0 radical (unpaired) electrons. The summed E-state index contributed by atoms with van der Waals surface area (Å²) in [6, 6.07) is 0. The van der Waals surface area contributed by atoms with Crippen LogP contribution in [0.3, 0.4) is 0 Å². The zero-order valence-corrected chi connectivity index (χ0v) is 38.9. The minimum atomic E-state index is -4.63. The van der Waals surface area contributed by atoms with Crippen LogP contribution in [0, 0.1) is 0 Å². The van der Waals surface area contributed by atoms with E-state index in [1.54, 1.807) is 0 Å². The Hall–Kier alpha value is -2.03. The lowest BCUT2D eigenvalue weighted by Crippen LogP contribution is -2.37. The average molecular weight is 838 g/mol. The highest BCUT2D eigenvalue weighted by Crippen LogP contribution is 2.38. The van der Waals surface area contributed by atoms with Crippen molar-refractivity contribution in [2.24, 2.45) is 0 Å². The highest BCUT2D eigenvalue weighted by Gasteiger charge is 2.21. The summed E-state index contributed by atoms with van der Waals surface area (Å²) in [5, 5.41) is 0. The predicted octanol–water partition coefficient (Wildman–Crippen LogP) is 12.8. The Morgan fingerprint density at radius 1 is 0.534 bits per heavy atom. The molecule has 0 N–H and O–H groups in total. The fourth-order valence-corrected chi connectivity index (χ4v) is 6.85. The third kappa shape index (κ3) is 43.5. The van der Waals surface area contributed by atoms with Crippen LogP contribution in [0.1, 0.15) is 194 Å². The molecule has 2 atom stereocenters. The van der Waals surface area contributed by atoms with Gasteiger partial charge < -0.3 is 27.9 Å². The van der Waals surface area contributed by atoms with Gasteiger partial charge in [0.25, 0.3) is 7.82 Å². The number of rotatable bonds is 42. The maximum absolute atomic E-state index is 12.7. The largest absolute Gasteiger partial charge is 0.756 e. The Morgan fingerprint density at radius 3 is 1.36 bits per heavy atom. The molecule has 0 bridgehead atoms. The Kier molecular flexibility index (Phi) is 39.0. The van der Waals surface area contributed by atoms with E-state index in [2.05, 4.69) is 62.5 Å².